The largest absolute Gasteiger partial charge is 0.486 e. The molecule has 1 N–H and O–H groups in total. The third-order valence-electron chi connectivity index (χ3n) is 7.55. The van der Waals surface area contributed by atoms with Gasteiger partial charge in [0.05, 0.1) is 0 Å². The Labute approximate surface area is 182 Å². The molecule has 1 fully saturated rings. The van der Waals surface area contributed by atoms with Crippen LogP contribution in [-0.2, 0) is 12.0 Å². The molecule has 2 aliphatic heterocycles. The number of nitrogens with zero attached hydrogens (tertiary/aromatic N) is 1. The van der Waals surface area contributed by atoms with Gasteiger partial charge >= 0.3 is 0 Å². The van der Waals surface area contributed by atoms with Gasteiger partial charge in [-0.25, -0.2) is 0 Å². The topological polar surface area (TPSA) is 54.6 Å². The summed E-state index contributed by atoms with van der Waals surface area (Å²) in [7, 11) is 0. The third kappa shape index (κ3) is 3.06. The second-order valence-corrected chi connectivity index (χ2v) is 9.36. The minimum absolute atomic E-state index is 0.0133. The van der Waals surface area contributed by atoms with Gasteiger partial charge < -0.3 is 14.5 Å². The van der Waals surface area contributed by atoms with E-state index in [0.29, 0.717) is 19.8 Å². The van der Waals surface area contributed by atoms with Gasteiger partial charge in [-0.05, 0) is 60.5 Å². The van der Waals surface area contributed by atoms with Crippen molar-refractivity contribution in [3.8, 4) is 11.5 Å². The fourth-order valence-corrected chi connectivity index (χ4v) is 5.92. The normalized spacial score (nSPS) is 22.0. The average molecular weight is 417 g/mol. The molecule has 3 aliphatic rings. The summed E-state index contributed by atoms with van der Waals surface area (Å²) in [5, 5.41) is 1.08. The van der Waals surface area contributed by atoms with E-state index in [2.05, 4.69) is 41.1 Å². The first-order chi connectivity index (χ1) is 15.1. The number of hydrogen-bond donors (Lipinski definition) is 1. The number of ether oxygens (including phenoxy) is 2. The summed E-state index contributed by atoms with van der Waals surface area (Å²) in [5.41, 5.74) is 4.64. The van der Waals surface area contributed by atoms with Crippen molar-refractivity contribution in [3.63, 3.8) is 0 Å². The average Bonchev–Trinajstić information content (AvgIpc) is 3.26. The van der Waals surface area contributed by atoms with Gasteiger partial charge in [-0.15, -0.1) is 0 Å². The maximum Gasteiger partial charge on any atom is 0.252 e. The SMILES string of the molecule is CC1c2cc3c(cc2C2(CCCC2)CN1Cc1cc2ccccc2[nH]c1=O)OCCO3. The van der Waals surface area contributed by atoms with Gasteiger partial charge in [-0.1, -0.05) is 31.0 Å². The van der Waals surface area contributed by atoms with E-state index in [0.717, 1.165) is 34.5 Å². The molecule has 1 spiro atoms. The van der Waals surface area contributed by atoms with Crippen molar-refractivity contribution in [2.24, 2.45) is 0 Å². The Bertz CT molecular complexity index is 1210. The van der Waals surface area contributed by atoms with E-state index < -0.39 is 0 Å². The van der Waals surface area contributed by atoms with Crippen molar-refractivity contribution in [2.75, 3.05) is 19.8 Å². The van der Waals surface area contributed by atoms with Crippen LogP contribution in [0.2, 0.25) is 0 Å². The zero-order chi connectivity index (χ0) is 21.0. The standard InChI is InChI=1S/C26H28N2O3/c1-17-20-13-23-24(31-11-10-30-23)14-21(20)26(8-4-5-9-26)16-28(17)15-19-12-18-6-2-3-7-22(18)27-25(19)29/h2-3,6-7,12-14,17H,4-5,8-11,15-16H2,1H3,(H,27,29). The van der Waals surface area contributed by atoms with Crippen LogP contribution in [-0.4, -0.2) is 29.6 Å². The Morgan fingerprint density at radius 3 is 2.61 bits per heavy atom. The Hall–Kier alpha value is -2.79. The predicted octanol–water partition coefficient (Wildman–Crippen LogP) is 4.69. The van der Waals surface area contributed by atoms with Crippen LogP contribution in [0.15, 0.2) is 47.3 Å². The molecular formula is C26H28N2O3. The number of para-hydroxylation sites is 1. The fourth-order valence-electron chi connectivity index (χ4n) is 5.92. The van der Waals surface area contributed by atoms with Crippen LogP contribution >= 0.6 is 0 Å². The van der Waals surface area contributed by atoms with Crippen molar-refractivity contribution in [1.29, 1.82) is 0 Å². The number of fused-ring (bicyclic) bond motifs is 4. The molecule has 5 nitrogen and oxygen atoms in total. The Morgan fingerprint density at radius 2 is 1.81 bits per heavy atom. The number of benzene rings is 2. The molecule has 2 aromatic carbocycles. The summed E-state index contributed by atoms with van der Waals surface area (Å²) in [6.45, 7) is 5.10. The van der Waals surface area contributed by atoms with E-state index in [1.165, 1.54) is 36.8 Å². The minimum Gasteiger partial charge on any atom is -0.486 e. The number of hydrogen-bond acceptors (Lipinski definition) is 4. The quantitative estimate of drug-likeness (QED) is 0.659. The maximum atomic E-state index is 12.8. The molecule has 1 unspecified atom stereocenters. The van der Waals surface area contributed by atoms with Crippen LogP contribution in [0.1, 0.15) is 55.3 Å². The summed E-state index contributed by atoms with van der Waals surface area (Å²) in [6, 6.07) is 14.7. The van der Waals surface area contributed by atoms with Crippen molar-refractivity contribution in [2.45, 2.75) is 50.6 Å². The molecular weight excluding hydrogens is 388 g/mol. The molecule has 5 heteroatoms. The van der Waals surface area contributed by atoms with Crippen LogP contribution in [0, 0.1) is 0 Å². The summed E-state index contributed by atoms with van der Waals surface area (Å²) < 4.78 is 11.8. The van der Waals surface area contributed by atoms with E-state index in [4.69, 9.17) is 9.47 Å². The molecule has 1 aromatic heterocycles. The lowest BCUT2D eigenvalue weighted by atomic mass is 9.71. The summed E-state index contributed by atoms with van der Waals surface area (Å²) in [6.07, 6.45) is 4.90. The molecule has 1 atom stereocenters. The molecule has 160 valence electrons. The number of aromatic amines is 1. The van der Waals surface area contributed by atoms with Crippen molar-refractivity contribution in [3.05, 3.63) is 69.5 Å². The van der Waals surface area contributed by atoms with Crippen LogP contribution < -0.4 is 15.0 Å². The molecule has 0 bridgehead atoms. The molecule has 1 aliphatic carbocycles. The van der Waals surface area contributed by atoms with Gasteiger partial charge in [0.25, 0.3) is 5.56 Å². The number of H-pyrrole nitrogens is 1. The Balaban J connectivity index is 1.42. The van der Waals surface area contributed by atoms with Gasteiger partial charge in [0.15, 0.2) is 11.5 Å². The predicted molar refractivity (Wildman–Crippen MR) is 121 cm³/mol. The Kier molecular flexibility index (Phi) is 4.35. The first kappa shape index (κ1) is 18.9. The second kappa shape index (κ2) is 7.13. The molecule has 6 rings (SSSR count). The van der Waals surface area contributed by atoms with E-state index in [1.807, 2.05) is 18.2 Å². The van der Waals surface area contributed by atoms with E-state index in [9.17, 15) is 4.79 Å². The van der Waals surface area contributed by atoms with Crippen LogP contribution in [0.25, 0.3) is 10.9 Å². The van der Waals surface area contributed by atoms with E-state index in [-0.39, 0.29) is 17.0 Å². The van der Waals surface area contributed by atoms with Crippen LogP contribution in [0.4, 0.5) is 0 Å². The molecule has 0 radical (unpaired) electrons. The van der Waals surface area contributed by atoms with Crippen molar-refractivity contribution < 1.29 is 9.47 Å². The second-order valence-electron chi connectivity index (χ2n) is 9.36. The molecule has 0 saturated heterocycles. The van der Waals surface area contributed by atoms with Crippen LogP contribution in [0.3, 0.4) is 0 Å². The first-order valence-electron chi connectivity index (χ1n) is 11.4. The highest BCUT2D eigenvalue weighted by atomic mass is 16.6. The summed E-state index contributed by atoms with van der Waals surface area (Å²) >= 11 is 0. The highest BCUT2D eigenvalue weighted by molar-refractivity contribution is 5.78. The first-order valence-corrected chi connectivity index (χ1v) is 11.4. The minimum atomic E-state index is 0.0133. The van der Waals surface area contributed by atoms with Crippen molar-refractivity contribution >= 4 is 10.9 Å². The highest BCUT2D eigenvalue weighted by Crippen LogP contribution is 2.52. The molecule has 3 heterocycles. The van der Waals surface area contributed by atoms with Gasteiger partial charge in [0, 0.05) is 35.6 Å². The van der Waals surface area contributed by atoms with Crippen molar-refractivity contribution in [1.82, 2.24) is 9.88 Å². The van der Waals surface area contributed by atoms with Crippen LogP contribution in [0.5, 0.6) is 11.5 Å². The monoisotopic (exact) mass is 416 g/mol. The van der Waals surface area contributed by atoms with Gasteiger partial charge in [-0.3, -0.25) is 9.69 Å². The molecule has 0 amide bonds. The van der Waals surface area contributed by atoms with E-state index >= 15 is 0 Å². The lowest BCUT2D eigenvalue weighted by Crippen LogP contribution is -2.46. The maximum absolute atomic E-state index is 12.8. The van der Waals surface area contributed by atoms with Gasteiger partial charge in [-0.2, -0.15) is 0 Å². The molecule has 31 heavy (non-hydrogen) atoms. The zero-order valence-electron chi connectivity index (χ0n) is 17.9. The fraction of sp³-hybridized carbons (Fsp3) is 0.423. The molecule has 1 saturated carbocycles. The smallest absolute Gasteiger partial charge is 0.252 e. The van der Waals surface area contributed by atoms with Gasteiger partial charge in [0.1, 0.15) is 13.2 Å². The Morgan fingerprint density at radius 1 is 1.06 bits per heavy atom. The van der Waals surface area contributed by atoms with E-state index in [1.54, 1.807) is 0 Å². The lowest BCUT2D eigenvalue weighted by molar-refractivity contribution is 0.124. The highest BCUT2D eigenvalue weighted by Gasteiger charge is 2.45. The number of aromatic nitrogens is 1. The number of nitrogens with one attached hydrogen (secondary N) is 1. The third-order valence-corrected chi connectivity index (χ3v) is 7.55. The summed E-state index contributed by atoms with van der Waals surface area (Å²) in [5.74, 6) is 1.75. The van der Waals surface area contributed by atoms with Gasteiger partial charge in [0.2, 0.25) is 0 Å². The molecule has 3 aromatic rings. The zero-order valence-corrected chi connectivity index (χ0v) is 17.9. The number of rotatable bonds is 2. The number of pyridine rings is 1. The summed E-state index contributed by atoms with van der Waals surface area (Å²) in [4.78, 5) is 18.4. The lowest BCUT2D eigenvalue weighted by Gasteiger charge is -2.46.